The highest BCUT2D eigenvalue weighted by Crippen LogP contribution is 2.09. The third-order valence-electron chi connectivity index (χ3n) is 1.18. The molecule has 64 valence electrons. The lowest BCUT2D eigenvalue weighted by atomic mass is 10.3. The Morgan fingerprint density at radius 2 is 2.54 bits per heavy atom. The topological polar surface area (TPSA) is 61.7 Å². The molecule has 0 unspecified atom stereocenters. The fourth-order valence-corrected chi connectivity index (χ4v) is 0.837. The number of pyridine rings is 1. The summed E-state index contributed by atoms with van der Waals surface area (Å²) in [5.74, 6) is 5.32. The normalized spacial score (nSPS) is 8.08. The number of rotatable bonds is 1. The zero-order valence-corrected chi connectivity index (χ0v) is 7.36. The van der Waals surface area contributed by atoms with Gasteiger partial charge in [-0.3, -0.25) is 0 Å². The van der Waals surface area contributed by atoms with Crippen molar-refractivity contribution >= 4 is 11.6 Å². The van der Waals surface area contributed by atoms with Gasteiger partial charge in [-0.25, -0.2) is 4.98 Å². The van der Waals surface area contributed by atoms with Gasteiger partial charge in [0.1, 0.15) is 5.69 Å². The van der Waals surface area contributed by atoms with Crippen molar-refractivity contribution in [1.82, 2.24) is 4.98 Å². The molecule has 0 aliphatic heterocycles. The van der Waals surface area contributed by atoms with Crippen LogP contribution >= 0.6 is 11.6 Å². The summed E-state index contributed by atoms with van der Waals surface area (Å²) in [7, 11) is 0. The van der Waals surface area contributed by atoms with Crippen LogP contribution in [0.5, 0.6) is 0 Å². The third kappa shape index (κ3) is 3.04. The lowest BCUT2D eigenvalue weighted by Crippen LogP contribution is -1.82. The molecular weight excluding hydrogens is 188 g/mol. The first-order chi connectivity index (χ1) is 6.34. The van der Waals surface area contributed by atoms with E-state index in [4.69, 9.17) is 17.1 Å². The van der Waals surface area contributed by atoms with E-state index in [1.54, 1.807) is 18.3 Å². The molecule has 5 heteroatoms. The highest BCUT2D eigenvalue weighted by Gasteiger charge is 1.93. The Labute approximate surface area is 80.2 Å². The van der Waals surface area contributed by atoms with Gasteiger partial charge >= 0.3 is 0 Å². The van der Waals surface area contributed by atoms with Gasteiger partial charge in [0.05, 0.1) is 11.6 Å². The molecule has 0 spiro atoms. The predicted molar refractivity (Wildman–Crippen MR) is 50.1 cm³/mol. The lowest BCUT2D eigenvalue weighted by molar-refractivity contribution is 1.24. The Balaban J connectivity index is 2.77. The quantitative estimate of drug-likeness (QED) is 0.292. The first-order valence-corrected chi connectivity index (χ1v) is 3.82. The molecule has 1 aromatic rings. The second-order valence-corrected chi connectivity index (χ2v) is 2.43. The zero-order chi connectivity index (χ0) is 9.52. The molecule has 0 saturated heterocycles. The van der Waals surface area contributed by atoms with E-state index in [1.807, 2.05) is 0 Å². The average Bonchev–Trinajstić information content (AvgIpc) is 2.15. The Morgan fingerprint density at radius 3 is 3.23 bits per heavy atom. The number of nitrogens with zero attached hydrogens (tertiary/aromatic N) is 4. The third-order valence-corrected chi connectivity index (χ3v) is 1.48. The minimum Gasteiger partial charge on any atom is -0.246 e. The van der Waals surface area contributed by atoms with Crippen molar-refractivity contribution < 1.29 is 0 Å². The average molecular weight is 193 g/mol. The van der Waals surface area contributed by atoms with Gasteiger partial charge in [0.2, 0.25) is 0 Å². The van der Waals surface area contributed by atoms with Crippen LogP contribution in [0.2, 0.25) is 5.02 Å². The van der Waals surface area contributed by atoms with Gasteiger partial charge < -0.3 is 0 Å². The summed E-state index contributed by atoms with van der Waals surface area (Å²) in [5, 5.41) is 3.75. The Morgan fingerprint density at radius 1 is 1.69 bits per heavy atom. The van der Waals surface area contributed by atoms with E-state index >= 15 is 0 Å². The van der Waals surface area contributed by atoms with Crippen molar-refractivity contribution in [3.05, 3.63) is 39.5 Å². The molecular formula is C8H5ClN4. The van der Waals surface area contributed by atoms with E-state index in [-0.39, 0.29) is 6.54 Å². The minimum absolute atomic E-state index is 0.128. The van der Waals surface area contributed by atoms with Gasteiger partial charge in [-0.05, 0) is 23.6 Å². The zero-order valence-electron chi connectivity index (χ0n) is 6.61. The molecule has 1 heterocycles. The number of hydrogen-bond acceptors (Lipinski definition) is 2. The molecule has 0 aromatic carbocycles. The molecule has 0 fully saturated rings. The first kappa shape index (κ1) is 9.40. The van der Waals surface area contributed by atoms with E-state index in [1.165, 1.54) is 0 Å². The van der Waals surface area contributed by atoms with Crippen LogP contribution in [-0.4, -0.2) is 11.5 Å². The summed E-state index contributed by atoms with van der Waals surface area (Å²) in [6, 6.07) is 3.42. The highest BCUT2D eigenvalue weighted by molar-refractivity contribution is 6.31. The smallest absolute Gasteiger partial charge is 0.131 e. The summed E-state index contributed by atoms with van der Waals surface area (Å²) in [6.45, 7) is 0.128. The van der Waals surface area contributed by atoms with Gasteiger partial charge in [-0.15, -0.1) is 0 Å². The lowest BCUT2D eigenvalue weighted by Gasteiger charge is -1.90. The van der Waals surface area contributed by atoms with Crippen LogP contribution in [0.1, 0.15) is 5.69 Å². The summed E-state index contributed by atoms with van der Waals surface area (Å²) in [4.78, 5) is 6.49. The highest BCUT2D eigenvalue weighted by atomic mass is 35.5. The number of hydrogen-bond donors (Lipinski definition) is 0. The molecule has 0 N–H and O–H groups in total. The number of azide groups is 1. The fraction of sp³-hybridized carbons (Fsp3) is 0.125. The molecule has 1 rings (SSSR count). The van der Waals surface area contributed by atoms with Gasteiger partial charge in [0.15, 0.2) is 0 Å². The molecule has 0 radical (unpaired) electrons. The van der Waals surface area contributed by atoms with Gasteiger partial charge in [0.25, 0.3) is 0 Å². The fourth-order valence-electron chi connectivity index (χ4n) is 0.668. The second-order valence-electron chi connectivity index (χ2n) is 2.02. The van der Waals surface area contributed by atoms with Crippen molar-refractivity contribution in [3.63, 3.8) is 0 Å². The van der Waals surface area contributed by atoms with Gasteiger partial charge in [-0.1, -0.05) is 22.6 Å². The molecule has 0 atom stereocenters. The van der Waals surface area contributed by atoms with Crippen LogP contribution in [-0.2, 0) is 0 Å². The minimum atomic E-state index is 0.128. The van der Waals surface area contributed by atoms with E-state index < -0.39 is 0 Å². The van der Waals surface area contributed by atoms with Crippen molar-refractivity contribution in [2.75, 3.05) is 6.54 Å². The maximum atomic E-state index is 7.97. The summed E-state index contributed by atoms with van der Waals surface area (Å²) < 4.78 is 0. The molecule has 13 heavy (non-hydrogen) atoms. The van der Waals surface area contributed by atoms with Crippen molar-refractivity contribution in [3.8, 4) is 11.8 Å². The first-order valence-electron chi connectivity index (χ1n) is 3.45. The van der Waals surface area contributed by atoms with Crippen LogP contribution in [0.4, 0.5) is 0 Å². The van der Waals surface area contributed by atoms with E-state index in [2.05, 4.69) is 26.9 Å². The van der Waals surface area contributed by atoms with E-state index in [0.717, 1.165) is 0 Å². The molecule has 0 saturated carbocycles. The second kappa shape index (κ2) is 5.04. The van der Waals surface area contributed by atoms with E-state index in [9.17, 15) is 0 Å². The molecule has 0 bridgehead atoms. The number of aromatic nitrogens is 1. The summed E-state index contributed by atoms with van der Waals surface area (Å²) >= 11 is 5.77. The molecule has 1 aromatic heterocycles. The van der Waals surface area contributed by atoms with Crippen molar-refractivity contribution in [2.45, 2.75) is 0 Å². The molecule has 0 aliphatic rings. The van der Waals surface area contributed by atoms with Crippen molar-refractivity contribution in [1.29, 1.82) is 0 Å². The van der Waals surface area contributed by atoms with Crippen LogP contribution in [0.3, 0.4) is 0 Å². The Bertz CT molecular complexity index is 398. The van der Waals surface area contributed by atoms with Crippen LogP contribution in [0.15, 0.2) is 23.4 Å². The Kier molecular flexibility index (Phi) is 3.65. The number of halogens is 1. The maximum absolute atomic E-state index is 7.97. The molecule has 4 nitrogen and oxygen atoms in total. The van der Waals surface area contributed by atoms with Crippen LogP contribution < -0.4 is 0 Å². The van der Waals surface area contributed by atoms with Crippen LogP contribution in [0, 0.1) is 11.8 Å². The largest absolute Gasteiger partial charge is 0.246 e. The monoisotopic (exact) mass is 192 g/mol. The molecule has 0 aliphatic carbocycles. The van der Waals surface area contributed by atoms with Crippen molar-refractivity contribution in [2.24, 2.45) is 5.11 Å². The Hall–Kier alpha value is -1.69. The molecule has 0 amide bonds. The predicted octanol–water partition coefficient (Wildman–Crippen LogP) is 2.40. The maximum Gasteiger partial charge on any atom is 0.131 e. The van der Waals surface area contributed by atoms with E-state index in [0.29, 0.717) is 10.7 Å². The summed E-state index contributed by atoms with van der Waals surface area (Å²) in [5.41, 5.74) is 8.46. The van der Waals surface area contributed by atoms with Gasteiger partial charge in [-0.2, -0.15) is 0 Å². The van der Waals surface area contributed by atoms with Crippen LogP contribution in [0.25, 0.3) is 10.4 Å². The standard InChI is InChI=1S/C8H5ClN4/c9-7-3-1-5-11-8(7)4-2-6-12-13-10/h1,3,5H,6H2. The summed E-state index contributed by atoms with van der Waals surface area (Å²) in [6.07, 6.45) is 1.60. The SMILES string of the molecule is [N-]=[N+]=NCC#Cc1ncccc1Cl. The van der Waals surface area contributed by atoms with Gasteiger partial charge in [0, 0.05) is 11.1 Å².